The Bertz CT molecular complexity index is 916. The maximum Gasteiger partial charge on any atom is 0.269 e. The fraction of sp³-hybridized carbons (Fsp3) is 0.391. The molecule has 1 fully saturated rings. The van der Waals surface area contributed by atoms with Gasteiger partial charge < -0.3 is 15.1 Å². The largest absolute Gasteiger partial charge is 0.368 e. The Morgan fingerprint density at radius 1 is 0.968 bits per heavy atom. The summed E-state index contributed by atoms with van der Waals surface area (Å²) in [5.74, 6) is -0.0407. The number of non-ortho nitro benzene ring substituents is 1. The molecule has 0 saturated carbocycles. The first-order valence-electron chi connectivity index (χ1n) is 10.6. The Morgan fingerprint density at radius 3 is 2.06 bits per heavy atom. The van der Waals surface area contributed by atoms with Crippen LogP contribution in [-0.4, -0.2) is 47.8 Å². The molecule has 0 atom stereocenters. The second kappa shape index (κ2) is 10.1. The molecule has 2 amide bonds. The molecule has 8 nitrogen and oxygen atoms in total. The average Bonchev–Trinajstić information content (AvgIpc) is 2.80. The van der Waals surface area contributed by atoms with Gasteiger partial charge >= 0.3 is 0 Å². The van der Waals surface area contributed by atoms with Gasteiger partial charge in [-0.25, -0.2) is 0 Å². The highest BCUT2D eigenvalue weighted by Crippen LogP contribution is 2.21. The number of nitrogens with one attached hydrogen (secondary N) is 1. The van der Waals surface area contributed by atoms with E-state index in [1.807, 2.05) is 13.8 Å². The Kier molecular flexibility index (Phi) is 7.23. The quantitative estimate of drug-likeness (QED) is 0.537. The van der Waals surface area contributed by atoms with Crippen molar-refractivity contribution >= 4 is 28.9 Å². The fourth-order valence-electron chi connectivity index (χ4n) is 3.74. The number of benzene rings is 2. The van der Waals surface area contributed by atoms with Crippen molar-refractivity contribution in [3.63, 3.8) is 0 Å². The van der Waals surface area contributed by atoms with Gasteiger partial charge in [0.15, 0.2) is 0 Å². The van der Waals surface area contributed by atoms with Gasteiger partial charge in [0.05, 0.1) is 4.92 Å². The van der Waals surface area contributed by atoms with Gasteiger partial charge in [0, 0.05) is 61.2 Å². The molecule has 31 heavy (non-hydrogen) atoms. The highest BCUT2D eigenvalue weighted by Gasteiger charge is 2.23. The Labute approximate surface area is 182 Å². The van der Waals surface area contributed by atoms with Crippen molar-refractivity contribution in [2.24, 2.45) is 5.92 Å². The molecule has 0 aliphatic carbocycles. The third kappa shape index (κ3) is 5.39. The van der Waals surface area contributed by atoms with Gasteiger partial charge in [-0.1, -0.05) is 13.8 Å². The van der Waals surface area contributed by atoms with Gasteiger partial charge in [-0.05, 0) is 49.2 Å². The highest BCUT2D eigenvalue weighted by molar-refractivity contribution is 5.96. The molecule has 2 aromatic carbocycles. The van der Waals surface area contributed by atoms with Crippen LogP contribution in [0.15, 0.2) is 48.5 Å². The van der Waals surface area contributed by atoms with E-state index in [0.29, 0.717) is 37.4 Å². The van der Waals surface area contributed by atoms with E-state index in [2.05, 4.69) is 10.2 Å². The molecule has 1 heterocycles. The molecule has 3 rings (SSSR count). The summed E-state index contributed by atoms with van der Waals surface area (Å²) in [5.41, 5.74) is 2.26. The SMILES string of the molecule is CCC(CC)C(=O)Nc1ccc(C(=O)N2CCN(c3ccc([N+](=O)[O-])cc3)CC2)cc1. The number of carbonyl (C=O) groups is 2. The molecular weight excluding hydrogens is 396 g/mol. The maximum absolute atomic E-state index is 12.8. The van der Waals surface area contributed by atoms with Crippen LogP contribution in [0.5, 0.6) is 0 Å². The normalized spacial score (nSPS) is 13.9. The predicted molar refractivity (Wildman–Crippen MR) is 120 cm³/mol. The third-order valence-electron chi connectivity index (χ3n) is 5.75. The first kappa shape index (κ1) is 22.3. The lowest BCUT2D eigenvalue weighted by molar-refractivity contribution is -0.384. The molecule has 1 aliphatic heterocycles. The summed E-state index contributed by atoms with van der Waals surface area (Å²) in [7, 11) is 0. The summed E-state index contributed by atoms with van der Waals surface area (Å²) < 4.78 is 0. The number of nitro benzene ring substituents is 1. The minimum atomic E-state index is -0.414. The molecule has 0 bridgehead atoms. The van der Waals surface area contributed by atoms with Crippen LogP contribution in [0.1, 0.15) is 37.0 Å². The summed E-state index contributed by atoms with van der Waals surface area (Å²) in [6.45, 7) is 6.46. The van der Waals surface area contributed by atoms with E-state index in [9.17, 15) is 19.7 Å². The number of rotatable bonds is 7. The van der Waals surface area contributed by atoms with Crippen molar-refractivity contribution in [1.82, 2.24) is 4.90 Å². The topological polar surface area (TPSA) is 95.8 Å². The molecule has 2 aromatic rings. The van der Waals surface area contributed by atoms with Crippen molar-refractivity contribution < 1.29 is 14.5 Å². The molecule has 1 aliphatic rings. The van der Waals surface area contributed by atoms with Crippen molar-refractivity contribution in [3.8, 4) is 0 Å². The fourth-order valence-corrected chi connectivity index (χ4v) is 3.74. The average molecular weight is 425 g/mol. The number of nitrogens with zero attached hydrogens (tertiary/aromatic N) is 3. The lowest BCUT2D eigenvalue weighted by atomic mass is 10.0. The van der Waals surface area contributed by atoms with Crippen LogP contribution in [0.3, 0.4) is 0 Å². The Balaban J connectivity index is 1.55. The van der Waals surface area contributed by atoms with Crippen molar-refractivity contribution in [3.05, 3.63) is 64.2 Å². The van der Waals surface area contributed by atoms with Gasteiger partial charge in [0.1, 0.15) is 0 Å². The highest BCUT2D eigenvalue weighted by atomic mass is 16.6. The van der Waals surface area contributed by atoms with E-state index in [1.165, 1.54) is 12.1 Å². The first-order chi connectivity index (χ1) is 14.9. The summed E-state index contributed by atoms with van der Waals surface area (Å²) in [5, 5.41) is 13.7. The first-order valence-corrected chi connectivity index (χ1v) is 10.6. The van der Waals surface area contributed by atoms with Crippen LogP contribution in [0, 0.1) is 16.0 Å². The van der Waals surface area contributed by atoms with E-state index in [0.717, 1.165) is 18.5 Å². The number of piperazine rings is 1. The molecule has 0 radical (unpaired) electrons. The number of amides is 2. The van der Waals surface area contributed by atoms with Gasteiger partial charge in [-0.15, -0.1) is 0 Å². The van der Waals surface area contributed by atoms with Crippen LogP contribution in [0.2, 0.25) is 0 Å². The zero-order chi connectivity index (χ0) is 22.4. The van der Waals surface area contributed by atoms with E-state index in [4.69, 9.17) is 0 Å². The Morgan fingerprint density at radius 2 is 1.55 bits per heavy atom. The standard InChI is InChI=1S/C23H28N4O4/c1-3-17(4-2)22(28)24-19-7-5-18(6-8-19)23(29)26-15-13-25(14-16-26)20-9-11-21(12-10-20)27(30)31/h5-12,17H,3-4,13-16H2,1-2H3,(H,24,28). The minimum Gasteiger partial charge on any atom is -0.368 e. The summed E-state index contributed by atoms with van der Waals surface area (Å²) in [4.78, 5) is 39.4. The number of hydrogen-bond donors (Lipinski definition) is 1. The van der Waals surface area contributed by atoms with Crippen molar-refractivity contribution in [2.45, 2.75) is 26.7 Å². The van der Waals surface area contributed by atoms with E-state index >= 15 is 0 Å². The summed E-state index contributed by atoms with van der Waals surface area (Å²) in [6, 6.07) is 13.5. The predicted octanol–water partition coefficient (Wildman–Crippen LogP) is 3.93. The van der Waals surface area contributed by atoms with Crippen LogP contribution >= 0.6 is 0 Å². The molecule has 164 valence electrons. The third-order valence-corrected chi connectivity index (χ3v) is 5.75. The van der Waals surface area contributed by atoms with E-state index in [1.54, 1.807) is 41.3 Å². The molecule has 0 aromatic heterocycles. The van der Waals surface area contributed by atoms with E-state index < -0.39 is 4.92 Å². The van der Waals surface area contributed by atoms with Crippen LogP contribution in [0.25, 0.3) is 0 Å². The zero-order valence-electron chi connectivity index (χ0n) is 17.9. The molecule has 1 saturated heterocycles. The minimum absolute atomic E-state index is 0.00597. The Hall–Kier alpha value is -3.42. The number of hydrogen-bond acceptors (Lipinski definition) is 5. The molecule has 0 spiro atoms. The van der Waals surface area contributed by atoms with Gasteiger partial charge in [0.2, 0.25) is 5.91 Å². The lowest BCUT2D eigenvalue weighted by Gasteiger charge is -2.36. The maximum atomic E-state index is 12.8. The monoisotopic (exact) mass is 424 g/mol. The van der Waals surface area contributed by atoms with E-state index in [-0.39, 0.29) is 23.4 Å². The van der Waals surface area contributed by atoms with Crippen LogP contribution in [0.4, 0.5) is 17.1 Å². The zero-order valence-corrected chi connectivity index (χ0v) is 17.9. The second-order valence-electron chi connectivity index (χ2n) is 7.63. The van der Waals surface area contributed by atoms with Crippen molar-refractivity contribution in [2.75, 3.05) is 36.4 Å². The summed E-state index contributed by atoms with van der Waals surface area (Å²) in [6.07, 6.45) is 1.59. The van der Waals surface area contributed by atoms with Gasteiger partial charge in [-0.3, -0.25) is 19.7 Å². The second-order valence-corrected chi connectivity index (χ2v) is 7.63. The molecule has 8 heteroatoms. The molecular formula is C23H28N4O4. The molecule has 0 unspecified atom stereocenters. The van der Waals surface area contributed by atoms with Gasteiger partial charge in [0.25, 0.3) is 11.6 Å². The number of nitro groups is 1. The van der Waals surface area contributed by atoms with Gasteiger partial charge in [-0.2, -0.15) is 0 Å². The summed E-state index contributed by atoms with van der Waals surface area (Å²) >= 11 is 0. The smallest absolute Gasteiger partial charge is 0.269 e. The van der Waals surface area contributed by atoms with Crippen molar-refractivity contribution in [1.29, 1.82) is 0 Å². The lowest BCUT2D eigenvalue weighted by Crippen LogP contribution is -2.48. The van der Waals surface area contributed by atoms with Crippen LogP contribution in [-0.2, 0) is 4.79 Å². The van der Waals surface area contributed by atoms with Crippen LogP contribution < -0.4 is 10.2 Å². The number of anilines is 2. The number of carbonyl (C=O) groups excluding carboxylic acids is 2. The molecule has 1 N–H and O–H groups in total.